The number of hydrogen-bond acceptors (Lipinski definition) is 3. The van der Waals surface area contributed by atoms with E-state index in [1.807, 2.05) is 0 Å². The van der Waals surface area contributed by atoms with Crippen LogP contribution in [0.15, 0.2) is 11.6 Å². The molecule has 0 aliphatic heterocycles. The van der Waals surface area contributed by atoms with Crippen molar-refractivity contribution in [1.82, 2.24) is 0 Å². The lowest BCUT2D eigenvalue weighted by molar-refractivity contribution is 0.201. The van der Waals surface area contributed by atoms with Crippen molar-refractivity contribution in [1.29, 1.82) is 0 Å². The fourth-order valence-electron chi connectivity index (χ4n) is 1.50. The van der Waals surface area contributed by atoms with E-state index in [-0.39, 0.29) is 11.9 Å². The highest BCUT2D eigenvalue weighted by atomic mass is 32.2. The number of aliphatic hydroxyl groups excluding tert-OH is 1. The molecule has 1 aliphatic rings. The van der Waals surface area contributed by atoms with Gasteiger partial charge in [-0.2, -0.15) is 0 Å². The molecule has 76 valence electrons. The topological polar surface area (TPSA) is 54.4 Å². The fraction of sp³-hybridized carbons (Fsp3) is 0.778. The normalized spacial score (nSPS) is 24.2. The Labute approximate surface area is 79.4 Å². The molecule has 13 heavy (non-hydrogen) atoms. The third-order valence-corrected chi connectivity index (χ3v) is 3.17. The van der Waals surface area contributed by atoms with E-state index >= 15 is 0 Å². The zero-order valence-corrected chi connectivity index (χ0v) is 8.68. The van der Waals surface area contributed by atoms with Crippen LogP contribution in [-0.2, 0) is 9.84 Å². The second-order valence-electron chi connectivity index (χ2n) is 3.66. The number of hydrogen-bond donors (Lipinski definition) is 1. The summed E-state index contributed by atoms with van der Waals surface area (Å²) in [7, 11) is -2.86. The van der Waals surface area contributed by atoms with E-state index in [0.29, 0.717) is 6.42 Å². The molecule has 1 aliphatic carbocycles. The molecule has 1 N–H and O–H groups in total. The van der Waals surface area contributed by atoms with Gasteiger partial charge in [0.1, 0.15) is 9.84 Å². The lowest BCUT2D eigenvalue weighted by atomic mass is 9.96. The summed E-state index contributed by atoms with van der Waals surface area (Å²) >= 11 is 0. The molecule has 0 spiro atoms. The van der Waals surface area contributed by atoms with E-state index in [4.69, 9.17) is 0 Å². The van der Waals surface area contributed by atoms with E-state index in [1.165, 1.54) is 6.26 Å². The second kappa shape index (κ2) is 4.24. The first kappa shape index (κ1) is 10.7. The van der Waals surface area contributed by atoms with Crippen LogP contribution in [0.3, 0.4) is 0 Å². The van der Waals surface area contributed by atoms with Crippen molar-refractivity contribution in [3.8, 4) is 0 Å². The molecule has 0 saturated heterocycles. The molecule has 0 aromatic carbocycles. The maximum absolute atomic E-state index is 10.9. The van der Waals surface area contributed by atoms with Crippen LogP contribution in [0.1, 0.15) is 25.7 Å². The van der Waals surface area contributed by atoms with Crippen molar-refractivity contribution < 1.29 is 13.5 Å². The van der Waals surface area contributed by atoms with E-state index in [1.54, 1.807) is 6.08 Å². The highest BCUT2D eigenvalue weighted by molar-refractivity contribution is 7.90. The largest absolute Gasteiger partial charge is 0.389 e. The zero-order chi connectivity index (χ0) is 9.90. The van der Waals surface area contributed by atoms with Crippen molar-refractivity contribution in [2.45, 2.75) is 31.8 Å². The molecule has 1 atom stereocenters. The van der Waals surface area contributed by atoms with Crippen LogP contribution in [0.25, 0.3) is 0 Å². The number of rotatable bonds is 3. The average molecular weight is 204 g/mol. The molecule has 1 unspecified atom stereocenters. The Morgan fingerprint density at radius 1 is 1.62 bits per heavy atom. The molecule has 0 saturated carbocycles. The Morgan fingerprint density at radius 3 is 2.85 bits per heavy atom. The quantitative estimate of drug-likeness (QED) is 0.695. The van der Waals surface area contributed by atoms with E-state index < -0.39 is 9.84 Å². The maximum atomic E-state index is 10.9. The molecular weight excluding hydrogens is 188 g/mol. The van der Waals surface area contributed by atoms with Gasteiger partial charge in [0.05, 0.1) is 11.9 Å². The van der Waals surface area contributed by atoms with Gasteiger partial charge in [0.2, 0.25) is 0 Å². The van der Waals surface area contributed by atoms with Gasteiger partial charge in [-0.15, -0.1) is 0 Å². The zero-order valence-electron chi connectivity index (χ0n) is 7.86. The van der Waals surface area contributed by atoms with Gasteiger partial charge in [-0.1, -0.05) is 11.6 Å². The van der Waals surface area contributed by atoms with Crippen molar-refractivity contribution in [2.75, 3.05) is 12.0 Å². The predicted octanol–water partition coefficient (Wildman–Crippen LogP) is 0.892. The average Bonchev–Trinajstić information content (AvgIpc) is 2.00. The SMILES string of the molecule is CS(=O)(=O)CCC1=CC(O)CCC1. The van der Waals surface area contributed by atoms with Gasteiger partial charge in [0.15, 0.2) is 0 Å². The first-order valence-electron chi connectivity index (χ1n) is 4.53. The molecular formula is C9H16O3S. The highest BCUT2D eigenvalue weighted by Gasteiger charge is 2.12. The van der Waals surface area contributed by atoms with Gasteiger partial charge >= 0.3 is 0 Å². The highest BCUT2D eigenvalue weighted by Crippen LogP contribution is 2.20. The summed E-state index contributed by atoms with van der Waals surface area (Å²) in [6, 6.07) is 0. The van der Waals surface area contributed by atoms with Crippen molar-refractivity contribution in [3.05, 3.63) is 11.6 Å². The third-order valence-electron chi connectivity index (χ3n) is 2.22. The van der Waals surface area contributed by atoms with Gasteiger partial charge in [-0.25, -0.2) is 8.42 Å². The fourth-order valence-corrected chi connectivity index (χ4v) is 2.13. The smallest absolute Gasteiger partial charge is 0.147 e. The molecule has 0 fully saturated rings. The lowest BCUT2D eigenvalue weighted by Crippen LogP contribution is -2.11. The Balaban J connectivity index is 2.45. The van der Waals surface area contributed by atoms with Crippen molar-refractivity contribution in [3.63, 3.8) is 0 Å². The summed E-state index contributed by atoms with van der Waals surface area (Å²) < 4.78 is 21.7. The van der Waals surface area contributed by atoms with Crippen LogP contribution in [0.2, 0.25) is 0 Å². The van der Waals surface area contributed by atoms with Gasteiger partial charge in [0, 0.05) is 6.26 Å². The predicted molar refractivity (Wildman–Crippen MR) is 52.3 cm³/mol. The molecule has 0 bridgehead atoms. The number of sulfone groups is 1. The summed E-state index contributed by atoms with van der Waals surface area (Å²) in [5.41, 5.74) is 1.09. The van der Waals surface area contributed by atoms with Crippen LogP contribution in [0.4, 0.5) is 0 Å². The van der Waals surface area contributed by atoms with Crippen LogP contribution in [-0.4, -0.2) is 31.6 Å². The summed E-state index contributed by atoms with van der Waals surface area (Å²) in [6.45, 7) is 0. The Hall–Kier alpha value is -0.350. The van der Waals surface area contributed by atoms with Crippen molar-refractivity contribution in [2.24, 2.45) is 0 Å². The first-order valence-corrected chi connectivity index (χ1v) is 6.59. The number of aliphatic hydroxyl groups is 1. The van der Waals surface area contributed by atoms with Gasteiger partial charge < -0.3 is 5.11 Å². The summed E-state index contributed by atoms with van der Waals surface area (Å²) in [5, 5.41) is 9.28. The van der Waals surface area contributed by atoms with Gasteiger partial charge in [-0.3, -0.25) is 0 Å². The molecule has 1 rings (SSSR count). The summed E-state index contributed by atoms with van der Waals surface area (Å²) in [6.07, 6.45) is 5.98. The molecule has 4 heteroatoms. The van der Waals surface area contributed by atoms with Crippen LogP contribution >= 0.6 is 0 Å². The monoisotopic (exact) mass is 204 g/mol. The number of allylic oxidation sites excluding steroid dienone is 1. The summed E-state index contributed by atoms with van der Waals surface area (Å²) in [5.74, 6) is 0.200. The minimum Gasteiger partial charge on any atom is -0.389 e. The van der Waals surface area contributed by atoms with Crippen LogP contribution < -0.4 is 0 Å². The molecule has 0 amide bonds. The second-order valence-corrected chi connectivity index (χ2v) is 5.92. The van der Waals surface area contributed by atoms with E-state index in [9.17, 15) is 13.5 Å². The minimum atomic E-state index is -2.86. The molecule has 0 aromatic heterocycles. The molecule has 0 radical (unpaired) electrons. The maximum Gasteiger partial charge on any atom is 0.147 e. The third kappa shape index (κ3) is 4.43. The summed E-state index contributed by atoms with van der Waals surface area (Å²) in [4.78, 5) is 0. The van der Waals surface area contributed by atoms with E-state index in [2.05, 4.69) is 0 Å². The Morgan fingerprint density at radius 2 is 2.31 bits per heavy atom. The van der Waals surface area contributed by atoms with Crippen molar-refractivity contribution >= 4 is 9.84 Å². The van der Waals surface area contributed by atoms with Crippen LogP contribution in [0.5, 0.6) is 0 Å². The lowest BCUT2D eigenvalue weighted by Gasteiger charge is -2.16. The first-order chi connectivity index (χ1) is 5.97. The van der Waals surface area contributed by atoms with Gasteiger partial charge in [-0.05, 0) is 25.7 Å². The Kier molecular flexibility index (Phi) is 3.50. The minimum absolute atomic E-state index is 0.200. The Bertz CT molecular complexity index is 290. The molecule has 0 aromatic rings. The van der Waals surface area contributed by atoms with Crippen LogP contribution in [0, 0.1) is 0 Å². The van der Waals surface area contributed by atoms with E-state index in [0.717, 1.165) is 24.8 Å². The molecule has 0 heterocycles. The van der Waals surface area contributed by atoms with Gasteiger partial charge in [0.25, 0.3) is 0 Å². The standard InChI is InChI=1S/C9H16O3S/c1-13(11,12)6-5-8-3-2-4-9(10)7-8/h7,9-10H,2-6H2,1H3. The molecule has 3 nitrogen and oxygen atoms in total.